The van der Waals surface area contributed by atoms with Crippen molar-refractivity contribution >= 4 is 21.5 Å². The topological polar surface area (TPSA) is 58.9 Å². The number of rotatable bonds is 12. The second-order valence-electron chi connectivity index (χ2n) is 7.52. The zero-order valence-corrected chi connectivity index (χ0v) is 17.3. The van der Waals surface area contributed by atoms with Crippen LogP contribution in [0.2, 0.25) is 0 Å². The molecule has 3 aromatic carbocycles. The number of unbranched alkanes of at least 4 members (excludes halogenated alkanes) is 4. The Kier molecular flexibility index (Phi) is 8.14. The minimum Gasteiger partial charge on any atom is -0.492 e. The first-order chi connectivity index (χ1) is 14.3. The number of hydrogen-bond donors (Lipinski definition) is 2. The summed E-state index contributed by atoms with van der Waals surface area (Å²) in [5, 5.41) is 22.2. The summed E-state index contributed by atoms with van der Waals surface area (Å²) in [6, 6.07) is 14.7. The highest BCUT2D eigenvalue weighted by Gasteiger charge is 2.16. The van der Waals surface area contributed by atoms with E-state index in [-0.39, 0.29) is 13.2 Å². The minimum atomic E-state index is 0.232. The maximum atomic E-state index is 8.98. The summed E-state index contributed by atoms with van der Waals surface area (Å²) in [4.78, 5) is 0. The summed E-state index contributed by atoms with van der Waals surface area (Å²) >= 11 is 0. The predicted octanol–water partition coefficient (Wildman–Crippen LogP) is 5.38. The number of aliphatic hydroxyl groups is 2. The third kappa shape index (κ3) is 5.40. The Hall–Kier alpha value is -2.30. The zero-order chi connectivity index (χ0) is 20.5. The van der Waals surface area contributed by atoms with Crippen LogP contribution in [0.5, 0.6) is 11.5 Å². The lowest BCUT2D eigenvalue weighted by molar-refractivity contribution is 0.266. The average molecular weight is 397 g/mol. The molecule has 0 bridgehead atoms. The molecule has 0 heterocycles. The van der Waals surface area contributed by atoms with E-state index in [2.05, 4.69) is 37.3 Å². The molecule has 0 aliphatic carbocycles. The van der Waals surface area contributed by atoms with Gasteiger partial charge in [0.1, 0.15) is 11.5 Å². The van der Waals surface area contributed by atoms with Gasteiger partial charge in [-0.05, 0) is 51.5 Å². The Morgan fingerprint density at radius 2 is 1.14 bits per heavy atom. The molecule has 0 atom stereocenters. The first-order valence-electron chi connectivity index (χ1n) is 10.7. The zero-order valence-electron chi connectivity index (χ0n) is 17.3. The molecule has 0 fully saturated rings. The molecule has 0 unspecified atom stereocenters. The van der Waals surface area contributed by atoms with Gasteiger partial charge in [0.05, 0.1) is 13.2 Å². The molecule has 0 spiro atoms. The van der Waals surface area contributed by atoms with Gasteiger partial charge in [0.15, 0.2) is 0 Å². The van der Waals surface area contributed by atoms with Gasteiger partial charge in [-0.2, -0.15) is 0 Å². The van der Waals surface area contributed by atoms with Gasteiger partial charge in [0.25, 0.3) is 0 Å². The van der Waals surface area contributed by atoms with Crippen molar-refractivity contribution < 1.29 is 19.7 Å². The Balaban J connectivity index is 1.96. The SMILES string of the molecule is Cc1ccc2c(OCCCCCO)c3ccccc3c(OCCCCCO)c2c1. The maximum absolute atomic E-state index is 8.98. The highest BCUT2D eigenvalue weighted by molar-refractivity contribution is 6.11. The summed E-state index contributed by atoms with van der Waals surface area (Å²) in [6.45, 7) is 3.82. The van der Waals surface area contributed by atoms with Crippen molar-refractivity contribution in [3.8, 4) is 11.5 Å². The fraction of sp³-hybridized carbons (Fsp3) is 0.440. The van der Waals surface area contributed by atoms with Gasteiger partial charge in [-0.3, -0.25) is 0 Å². The number of hydrogen-bond acceptors (Lipinski definition) is 4. The van der Waals surface area contributed by atoms with Crippen LogP contribution >= 0.6 is 0 Å². The lowest BCUT2D eigenvalue weighted by atomic mass is 9.99. The number of aryl methyl sites for hydroxylation is 1. The molecule has 0 saturated heterocycles. The van der Waals surface area contributed by atoms with Crippen LogP contribution in [0.3, 0.4) is 0 Å². The van der Waals surface area contributed by atoms with Crippen LogP contribution in [-0.2, 0) is 0 Å². The Labute approximate surface area is 173 Å². The van der Waals surface area contributed by atoms with Crippen molar-refractivity contribution in [2.45, 2.75) is 45.4 Å². The maximum Gasteiger partial charge on any atom is 0.135 e. The van der Waals surface area contributed by atoms with Crippen LogP contribution in [0.1, 0.15) is 44.1 Å². The van der Waals surface area contributed by atoms with Crippen molar-refractivity contribution in [3.05, 3.63) is 48.0 Å². The lowest BCUT2D eigenvalue weighted by Gasteiger charge is -2.18. The fourth-order valence-corrected chi connectivity index (χ4v) is 3.65. The fourth-order valence-electron chi connectivity index (χ4n) is 3.65. The Morgan fingerprint density at radius 3 is 1.69 bits per heavy atom. The Morgan fingerprint density at radius 1 is 0.621 bits per heavy atom. The van der Waals surface area contributed by atoms with E-state index in [9.17, 15) is 0 Å². The van der Waals surface area contributed by atoms with Gasteiger partial charge in [-0.15, -0.1) is 0 Å². The number of fused-ring (bicyclic) bond motifs is 2. The van der Waals surface area contributed by atoms with Crippen LogP contribution in [0, 0.1) is 6.92 Å². The van der Waals surface area contributed by atoms with Crippen molar-refractivity contribution in [2.24, 2.45) is 0 Å². The van der Waals surface area contributed by atoms with E-state index < -0.39 is 0 Å². The van der Waals surface area contributed by atoms with Gasteiger partial charge >= 0.3 is 0 Å². The highest BCUT2D eigenvalue weighted by atomic mass is 16.5. The molecule has 4 nitrogen and oxygen atoms in total. The van der Waals surface area contributed by atoms with Crippen LogP contribution in [0.4, 0.5) is 0 Å². The van der Waals surface area contributed by atoms with Crippen molar-refractivity contribution in [1.29, 1.82) is 0 Å². The largest absolute Gasteiger partial charge is 0.492 e. The molecular formula is C25H32O4. The first kappa shape index (κ1) is 21.4. The van der Waals surface area contributed by atoms with E-state index in [1.54, 1.807) is 0 Å². The van der Waals surface area contributed by atoms with Gasteiger partial charge in [0, 0.05) is 34.8 Å². The van der Waals surface area contributed by atoms with E-state index >= 15 is 0 Å². The van der Waals surface area contributed by atoms with Crippen molar-refractivity contribution in [1.82, 2.24) is 0 Å². The number of aliphatic hydroxyl groups excluding tert-OH is 2. The molecule has 2 N–H and O–H groups in total. The van der Waals surface area contributed by atoms with E-state index in [0.29, 0.717) is 13.2 Å². The van der Waals surface area contributed by atoms with Crippen LogP contribution in [0.15, 0.2) is 42.5 Å². The van der Waals surface area contributed by atoms with Gasteiger partial charge < -0.3 is 19.7 Å². The molecule has 3 rings (SSSR count). The molecule has 0 amide bonds. The smallest absolute Gasteiger partial charge is 0.135 e. The molecule has 3 aromatic rings. The number of ether oxygens (including phenoxy) is 2. The van der Waals surface area contributed by atoms with Gasteiger partial charge in [-0.1, -0.05) is 42.0 Å². The van der Waals surface area contributed by atoms with Gasteiger partial charge in [0.2, 0.25) is 0 Å². The second-order valence-corrected chi connectivity index (χ2v) is 7.52. The quantitative estimate of drug-likeness (QED) is 0.319. The van der Waals surface area contributed by atoms with E-state index in [1.807, 2.05) is 12.1 Å². The van der Waals surface area contributed by atoms with Gasteiger partial charge in [-0.25, -0.2) is 0 Å². The average Bonchev–Trinajstić information content (AvgIpc) is 2.74. The summed E-state index contributed by atoms with van der Waals surface area (Å²) < 4.78 is 12.5. The Bertz CT molecular complexity index is 919. The molecule has 0 aliphatic rings. The lowest BCUT2D eigenvalue weighted by Crippen LogP contribution is -2.03. The molecule has 0 radical (unpaired) electrons. The predicted molar refractivity (Wildman–Crippen MR) is 119 cm³/mol. The molecule has 0 saturated carbocycles. The third-order valence-corrected chi connectivity index (χ3v) is 5.18. The summed E-state index contributed by atoms with van der Waals surface area (Å²) in [6.07, 6.45) is 5.39. The summed E-state index contributed by atoms with van der Waals surface area (Å²) in [7, 11) is 0. The van der Waals surface area contributed by atoms with E-state index in [1.165, 1.54) is 5.56 Å². The molecule has 0 aromatic heterocycles. The van der Waals surface area contributed by atoms with Crippen LogP contribution < -0.4 is 9.47 Å². The summed E-state index contributed by atoms with van der Waals surface area (Å²) in [5.74, 6) is 1.82. The molecule has 29 heavy (non-hydrogen) atoms. The van der Waals surface area contributed by atoms with Crippen LogP contribution in [-0.4, -0.2) is 36.6 Å². The molecular weight excluding hydrogens is 364 g/mol. The summed E-state index contributed by atoms with van der Waals surface area (Å²) in [5.41, 5.74) is 1.19. The molecule has 156 valence electrons. The van der Waals surface area contributed by atoms with Crippen LogP contribution in [0.25, 0.3) is 21.5 Å². The molecule has 4 heteroatoms. The highest BCUT2D eigenvalue weighted by Crippen LogP contribution is 2.43. The molecule has 0 aliphatic heterocycles. The number of benzene rings is 3. The minimum absolute atomic E-state index is 0.232. The van der Waals surface area contributed by atoms with E-state index in [4.69, 9.17) is 19.7 Å². The normalized spacial score (nSPS) is 11.3. The van der Waals surface area contributed by atoms with Crippen molar-refractivity contribution in [2.75, 3.05) is 26.4 Å². The second kappa shape index (κ2) is 11.0. The van der Waals surface area contributed by atoms with E-state index in [0.717, 1.165) is 71.6 Å². The first-order valence-corrected chi connectivity index (χ1v) is 10.7. The monoisotopic (exact) mass is 396 g/mol. The third-order valence-electron chi connectivity index (χ3n) is 5.18. The van der Waals surface area contributed by atoms with Crippen molar-refractivity contribution in [3.63, 3.8) is 0 Å². The standard InChI is InChI=1S/C25H32O4/c1-19-12-13-22-23(18-19)25(29-17-9-3-7-15-27)21-11-5-4-10-20(21)24(22)28-16-8-2-6-14-26/h4-5,10-13,18,26-27H,2-3,6-9,14-17H2,1H3.